The molecule has 1 aromatic rings. The molecule has 27 heavy (non-hydrogen) atoms. The van der Waals surface area contributed by atoms with Crippen LogP contribution < -0.4 is 9.47 Å². The number of morpholine rings is 1. The van der Waals surface area contributed by atoms with Crippen molar-refractivity contribution < 1.29 is 19.0 Å². The Bertz CT molecular complexity index is 620. The molecule has 0 aromatic heterocycles. The summed E-state index contributed by atoms with van der Waals surface area (Å²) in [5, 5.41) is 0.675. The van der Waals surface area contributed by atoms with Crippen LogP contribution in [-0.4, -0.2) is 75.4 Å². The lowest BCUT2D eigenvalue weighted by Crippen LogP contribution is -2.43. The number of amides is 1. The van der Waals surface area contributed by atoms with E-state index >= 15 is 0 Å². The lowest BCUT2D eigenvalue weighted by Gasteiger charge is -2.32. The third-order valence-corrected chi connectivity index (χ3v) is 5.47. The van der Waals surface area contributed by atoms with Crippen molar-refractivity contribution in [1.82, 2.24) is 9.80 Å². The fourth-order valence-corrected chi connectivity index (χ4v) is 3.66. The summed E-state index contributed by atoms with van der Waals surface area (Å²) in [6.45, 7) is 6.35. The number of ether oxygens (including phenoxy) is 3. The summed E-state index contributed by atoms with van der Waals surface area (Å²) in [7, 11) is 2.18. The highest BCUT2D eigenvalue weighted by Gasteiger charge is 2.21. The summed E-state index contributed by atoms with van der Waals surface area (Å²) in [5.74, 6) is 2.50. The Kier molecular flexibility index (Phi) is 7.61. The van der Waals surface area contributed by atoms with Gasteiger partial charge in [0.05, 0.1) is 6.61 Å². The van der Waals surface area contributed by atoms with Gasteiger partial charge in [-0.3, -0.25) is 4.79 Å². The van der Waals surface area contributed by atoms with E-state index in [0.29, 0.717) is 24.8 Å². The van der Waals surface area contributed by atoms with Gasteiger partial charge in [0.25, 0.3) is 0 Å². The number of halogens is 1. The van der Waals surface area contributed by atoms with Crippen LogP contribution in [0, 0.1) is 5.92 Å². The van der Waals surface area contributed by atoms with Crippen LogP contribution in [0.2, 0.25) is 5.02 Å². The van der Waals surface area contributed by atoms with Crippen LogP contribution in [-0.2, 0) is 9.53 Å². The van der Waals surface area contributed by atoms with Crippen LogP contribution in [0.25, 0.3) is 0 Å². The Morgan fingerprint density at radius 2 is 1.81 bits per heavy atom. The van der Waals surface area contributed by atoms with Crippen LogP contribution in [0.15, 0.2) is 18.2 Å². The molecule has 3 aliphatic rings. The van der Waals surface area contributed by atoms with Gasteiger partial charge in [0, 0.05) is 24.2 Å². The molecule has 2 saturated heterocycles. The Labute approximate surface area is 166 Å². The minimum Gasteiger partial charge on any atom is -0.486 e. The van der Waals surface area contributed by atoms with Crippen molar-refractivity contribution in [3.8, 4) is 11.5 Å². The number of likely N-dealkylation sites (tertiary alicyclic amines) is 1. The van der Waals surface area contributed by atoms with E-state index in [1.165, 1.54) is 32.4 Å². The minimum atomic E-state index is 0.166. The minimum absolute atomic E-state index is 0.166. The topological polar surface area (TPSA) is 51.2 Å². The van der Waals surface area contributed by atoms with Gasteiger partial charge in [-0.25, -0.2) is 0 Å². The average molecular weight is 397 g/mol. The molecule has 7 heteroatoms. The van der Waals surface area contributed by atoms with Gasteiger partial charge in [-0.1, -0.05) is 11.6 Å². The molecule has 0 bridgehead atoms. The van der Waals surface area contributed by atoms with Crippen LogP contribution in [0.5, 0.6) is 11.5 Å². The zero-order chi connectivity index (χ0) is 19.1. The molecule has 3 heterocycles. The van der Waals surface area contributed by atoms with Crippen molar-refractivity contribution in [3.05, 3.63) is 23.2 Å². The van der Waals surface area contributed by atoms with Crippen molar-refractivity contribution in [1.29, 1.82) is 0 Å². The average Bonchev–Trinajstić information content (AvgIpc) is 2.69. The van der Waals surface area contributed by atoms with Gasteiger partial charge >= 0.3 is 0 Å². The zero-order valence-corrected chi connectivity index (χ0v) is 16.7. The lowest BCUT2D eigenvalue weighted by molar-refractivity contribution is -0.142. The third-order valence-electron chi connectivity index (χ3n) is 5.23. The molecule has 0 aliphatic carbocycles. The molecule has 0 radical (unpaired) electrons. The SMILES string of the molecule is CN1CCC(CCN2CCOCC2=O)CC1.Clc1ccc2c(c1)OCCO2. The van der Waals surface area contributed by atoms with Gasteiger partial charge in [0.2, 0.25) is 5.91 Å². The van der Waals surface area contributed by atoms with Gasteiger partial charge < -0.3 is 24.0 Å². The summed E-state index contributed by atoms with van der Waals surface area (Å²) >= 11 is 5.74. The Morgan fingerprint density at radius 3 is 2.56 bits per heavy atom. The molecule has 0 atom stereocenters. The number of nitrogens with zero attached hydrogens (tertiary/aromatic N) is 2. The molecule has 150 valence electrons. The first kappa shape index (κ1) is 20.2. The molecule has 0 spiro atoms. The summed E-state index contributed by atoms with van der Waals surface area (Å²) in [6, 6.07) is 5.36. The number of carbonyl (C=O) groups is 1. The van der Waals surface area contributed by atoms with E-state index in [4.69, 9.17) is 25.8 Å². The van der Waals surface area contributed by atoms with Gasteiger partial charge in [-0.05, 0) is 57.5 Å². The van der Waals surface area contributed by atoms with E-state index in [2.05, 4.69) is 11.9 Å². The summed E-state index contributed by atoms with van der Waals surface area (Å²) in [5.41, 5.74) is 0. The van der Waals surface area contributed by atoms with Crippen molar-refractivity contribution in [3.63, 3.8) is 0 Å². The molecule has 0 N–H and O–H groups in total. The molecule has 1 amide bonds. The summed E-state index contributed by atoms with van der Waals surface area (Å²) < 4.78 is 15.7. The third kappa shape index (κ3) is 6.26. The first-order valence-corrected chi connectivity index (χ1v) is 10.1. The second-order valence-electron chi connectivity index (χ2n) is 7.26. The van der Waals surface area contributed by atoms with E-state index in [9.17, 15) is 4.79 Å². The van der Waals surface area contributed by atoms with E-state index < -0.39 is 0 Å². The van der Waals surface area contributed by atoms with Crippen molar-refractivity contribution in [2.24, 2.45) is 5.92 Å². The molecule has 0 unspecified atom stereocenters. The van der Waals surface area contributed by atoms with Crippen LogP contribution in [0.4, 0.5) is 0 Å². The smallest absolute Gasteiger partial charge is 0.248 e. The lowest BCUT2D eigenvalue weighted by atomic mass is 9.93. The van der Waals surface area contributed by atoms with E-state index in [-0.39, 0.29) is 12.5 Å². The fraction of sp³-hybridized carbons (Fsp3) is 0.650. The molecule has 1 aromatic carbocycles. The quantitative estimate of drug-likeness (QED) is 0.786. The van der Waals surface area contributed by atoms with E-state index in [1.807, 2.05) is 11.0 Å². The standard InChI is InChI=1S/C12H22N2O2.C8H7ClO2/c1-13-5-2-11(3-6-13)4-7-14-8-9-16-10-12(14)15;9-6-1-2-7-8(5-6)11-4-3-10-7/h11H,2-10H2,1H3;1-2,5H,3-4H2. The number of fused-ring (bicyclic) bond motifs is 1. The Hall–Kier alpha value is -1.50. The fourth-order valence-electron chi connectivity index (χ4n) is 3.49. The van der Waals surface area contributed by atoms with Crippen LogP contribution in [0.1, 0.15) is 19.3 Å². The maximum absolute atomic E-state index is 11.5. The molecule has 0 saturated carbocycles. The molecule has 6 nitrogen and oxygen atoms in total. The number of hydrogen-bond acceptors (Lipinski definition) is 5. The highest BCUT2D eigenvalue weighted by molar-refractivity contribution is 6.30. The zero-order valence-electron chi connectivity index (χ0n) is 16.0. The van der Waals surface area contributed by atoms with Gasteiger partial charge in [0.15, 0.2) is 11.5 Å². The monoisotopic (exact) mass is 396 g/mol. The summed E-state index contributed by atoms with van der Waals surface area (Å²) in [4.78, 5) is 15.9. The molecule has 4 rings (SSSR count). The van der Waals surface area contributed by atoms with Crippen molar-refractivity contribution >= 4 is 17.5 Å². The van der Waals surface area contributed by atoms with Crippen LogP contribution in [0.3, 0.4) is 0 Å². The van der Waals surface area contributed by atoms with Crippen molar-refractivity contribution in [2.45, 2.75) is 19.3 Å². The van der Waals surface area contributed by atoms with Gasteiger partial charge in [-0.2, -0.15) is 0 Å². The first-order chi connectivity index (χ1) is 13.1. The first-order valence-electron chi connectivity index (χ1n) is 9.71. The number of carbonyl (C=O) groups excluding carboxylic acids is 1. The number of benzene rings is 1. The maximum Gasteiger partial charge on any atom is 0.248 e. The highest BCUT2D eigenvalue weighted by atomic mass is 35.5. The largest absolute Gasteiger partial charge is 0.486 e. The Balaban J connectivity index is 0.000000166. The predicted octanol–water partition coefficient (Wildman–Crippen LogP) is 2.69. The van der Waals surface area contributed by atoms with E-state index in [0.717, 1.165) is 30.5 Å². The highest BCUT2D eigenvalue weighted by Crippen LogP contribution is 2.32. The van der Waals surface area contributed by atoms with Crippen molar-refractivity contribution in [2.75, 3.05) is 59.7 Å². The van der Waals surface area contributed by atoms with E-state index in [1.54, 1.807) is 12.1 Å². The predicted molar refractivity (Wildman–Crippen MR) is 105 cm³/mol. The summed E-state index contributed by atoms with van der Waals surface area (Å²) in [6.07, 6.45) is 3.74. The Morgan fingerprint density at radius 1 is 1.07 bits per heavy atom. The van der Waals surface area contributed by atoms with Gasteiger partial charge in [0.1, 0.15) is 19.8 Å². The molecule has 2 fully saturated rings. The second-order valence-corrected chi connectivity index (χ2v) is 7.69. The number of rotatable bonds is 3. The van der Waals surface area contributed by atoms with Crippen LogP contribution >= 0.6 is 11.6 Å². The second kappa shape index (κ2) is 10.2. The maximum atomic E-state index is 11.5. The number of hydrogen-bond donors (Lipinski definition) is 0. The normalized spacial score (nSPS) is 20.8. The molecular weight excluding hydrogens is 368 g/mol. The molecule has 3 aliphatic heterocycles. The molecular formula is C20H29ClN2O4. The number of piperidine rings is 1. The van der Waals surface area contributed by atoms with Gasteiger partial charge in [-0.15, -0.1) is 0 Å².